The summed E-state index contributed by atoms with van der Waals surface area (Å²) >= 11 is 1.63. The standard InChI is InChI=1S/C14H20N2OS.ClH/c1-10-7-12(18-11(10)2)13(17)16-6-4-14(9-16)3-5-15-8-14;/h7,15H,3-6,8-9H2,1-2H3;1H. The zero-order chi connectivity index (χ0) is 12.8. The molecule has 3 heterocycles. The lowest BCUT2D eigenvalue weighted by atomic mass is 9.87. The van der Waals surface area contributed by atoms with Gasteiger partial charge in [-0.15, -0.1) is 23.7 Å². The molecule has 1 atom stereocenters. The van der Waals surface area contributed by atoms with E-state index < -0.39 is 0 Å². The molecule has 106 valence electrons. The second kappa shape index (κ2) is 5.43. The second-order valence-corrected chi connectivity index (χ2v) is 7.01. The van der Waals surface area contributed by atoms with Crippen molar-refractivity contribution in [2.45, 2.75) is 26.7 Å². The van der Waals surface area contributed by atoms with Crippen molar-refractivity contribution in [1.82, 2.24) is 10.2 Å². The maximum atomic E-state index is 12.5. The van der Waals surface area contributed by atoms with Crippen molar-refractivity contribution in [1.29, 1.82) is 0 Å². The van der Waals surface area contributed by atoms with Gasteiger partial charge in [0.1, 0.15) is 0 Å². The fourth-order valence-corrected chi connectivity index (χ4v) is 4.09. The van der Waals surface area contributed by atoms with Crippen LogP contribution < -0.4 is 5.32 Å². The highest BCUT2D eigenvalue weighted by atomic mass is 35.5. The molecule has 0 saturated carbocycles. The summed E-state index contributed by atoms with van der Waals surface area (Å²) in [6.07, 6.45) is 2.38. The van der Waals surface area contributed by atoms with Gasteiger partial charge in [0.2, 0.25) is 0 Å². The number of thiophene rings is 1. The Hall–Kier alpha value is -0.580. The molecule has 2 aliphatic rings. The number of nitrogens with zero attached hydrogens (tertiary/aromatic N) is 1. The minimum atomic E-state index is 0. The summed E-state index contributed by atoms with van der Waals surface area (Å²) in [6, 6.07) is 2.04. The second-order valence-electron chi connectivity index (χ2n) is 5.75. The molecule has 0 bridgehead atoms. The molecule has 1 unspecified atom stereocenters. The van der Waals surface area contributed by atoms with E-state index in [2.05, 4.69) is 24.1 Å². The normalized spacial score (nSPS) is 25.9. The molecule has 3 rings (SSSR count). The number of hydrogen-bond donors (Lipinski definition) is 1. The first-order valence-corrected chi connectivity index (χ1v) is 7.48. The number of amides is 1. The Kier molecular flexibility index (Phi) is 4.23. The zero-order valence-corrected chi connectivity index (χ0v) is 13.1. The first-order chi connectivity index (χ1) is 8.60. The predicted octanol–water partition coefficient (Wildman–Crippen LogP) is 2.61. The van der Waals surface area contributed by atoms with Gasteiger partial charge in [0.15, 0.2) is 0 Å². The third kappa shape index (κ3) is 2.67. The average Bonchev–Trinajstić information content (AvgIpc) is 3.04. The molecule has 0 aliphatic carbocycles. The number of aryl methyl sites for hydroxylation is 2. The molecule has 2 fully saturated rings. The van der Waals surface area contributed by atoms with E-state index >= 15 is 0 Å². The van der Waals surface area contributed by atoms with E-state index in [1.807, 2.05) is 6.07 Å². The Morgan fingerprint density at radius 1 is 1.42 bits per heavy atom. The van der Waals surface area contributed by atoms with Crippen LogP contribution in [0.15, 0.2) is 6.07 Å². The molecule has 5 heteroatoms. The van der Waals surface area contributed by atoms with Crippen LogP contribution in [0.5, 0.6) is 0 Å². The molecule has 19 heavy (non-hydrogen) atoms. The van der Waals surface area contributed by atoms with Gasteiger partial charge in [-0.3, -0.25) is 4.79 Å². The van der Waals surface area contributed by atoms with Crippen molar-refractivity contribution in [3.05, 3.63) is 21.4 Å². The van der Waals surface area contributed by atoms with E-state index in [1.54, 1.807) is 11.3 Å². The fourth-order valence-electron chi connectivity index (χ4n) is 3.09. The molecule has 1 aromatic rings. The van der Waals surface area contributed by atoms with E-state index in [4.69, 9.17) is 0 Å². The number of likely N-dealkylation sites (tertiary alicyclic amines) is 1. The summed E-state index contributed by atoms with van der Waals surface area (Å²) in [5.41, 5.74) is 1.61. The summed E-state index contributed by atoms with van der Waals surface area (Å²) in [7, 11) is 0. The maximum Gasteiger partial charge on any atom is 0.263 e. The Bertz CT molecular complexity index is 460. The van der Waals surface area contributed by atoms with Gasteiger partial charge in [0, 0.05) is 29.9 Å². The molecule has 2 saturated heterocycles. The van der Waals surface area contributed by atoms with Gasteiger partial charge in [-0.25, -0.2) is 0 Å². The van der Waals surface area contributed by atoms with E-state index in [9.17, 15) is 4.79 Å². The van der Waals surface area contributed by atoms with Crippen molar-refractivity contribution in [3.8, 4) is 0 Å². The number of nitrogens with one attached hydrogen (secondary N) is 1. The monoisotopic (exact) mass is 300 g/mol. The lowest BCUT2D eigenvalue weighted by Gasteiger charge is -2.22. The zero-order valence-electron chi connectivity index (χ0n) is 11.5. The highest BCUT2D eigenvalue weighted by molar-refractivity contribution is 7.14. The van der Waals surface area contributed by atoms with Crippen LogP contribution in [0.4, 0.5) is 0 Å². The van der Waals surface area contributed by atoms with Gasteiger partial charge in [-0.05, 0) is 44.9 Å². The third-order valence-corrected chi connectivity index (χ3v) is 5.57. The molecule has 0 aromatic carbocycles. The van der Waals surface area contributed by atoms with Crippen LogP contribution in [0.1, 0.15) is 33.0 Å². The minimum Gasteiger partial charge on any atom is -0.337 e. The lowest BCUT2D eigenvalue weighted by Crippen LogP contribution is -2.32. The Morgan fingerprint density at radius 3 is 2.79 bits per heavy atom. The van der Waals surface area contributed by atoms with Crippen molar-refractivity contribution < 1.29 is 4.79 Å². The highest BCUT2D eigenvalue weighted by Gasteiger charge is 2.42. The van der Waals surface area contributed by atoms with Crippen LogP contribution in [0.3, 0.4) is 0 Å². The number of halogens is 1. The molecular formula is C14H21ClN2OS. The van der Waals surface area contributed by atoms with Crippen LogP contribution in [0, 0.1) is 19.3 Å². The molecule has 2 aliphatic heterocycles. The molecule has 0 radical (unpaired) electrons. The number of carbonyl (C=O) groups excluding carboxylic acids is 1. The van der Waals surface area contributed by atoms with Crippen molar-refractivity contribution >= 4 is 29.7 Å². The number of rotatable bonds is 1. The summed E-state index contributed by atoms with van der Waals surface area (Å²) in [4.78, 5) is 16.7. The maximum absolute atomic E-state index is 12.5. The SMILES string of the molecule is Cc1cc(C(=O)N2CCC3(CCNC3)C2)sc1C.Cl. The minimum absolute atomic E-state index is 0. The van der Waals surface area contributed by atoms with Gasteiger partial charge < -0.3 is 10.2 Å². The van der Waals surface area contributed by atoms with E-state index in [1.165, 1.54) is 16.9 Å². The summed E-state index contributed by atoms with van der Waals surface area (Å²) in [5, 5.41) is 3.43. The first-order valence-electron chi connectivity index (χ1n) is 6.67. The van der Waals surface area contributed by atoms with Crippen LogP contribution >= 0.6 is 23.7 Å². The molecule has 1 amide bonds. The van der Waals surface area contributed by atoms with Gasteiger partial charge in [-0.2, -0.15) is 0 Å². The Balaban J connectivity index is 0.00000133. The van der Waals surface area contributed by atoms with Crippen molar-refractivity contribution in [2.75, 3.05) is 26.2 Å². The number of carbonyl (C=O) groups is 1. The van der Waals surface area contributed by atoms with Gasteiger partial charge in [0.25, 0.3) is 5.91 Å². The van der Waals surface area contributed by atoms with E-state index in [-0.39, 0.29) is 18.3 Å². The molecule has 1 N–H and O–H groups in total. The number of hydrogen-bond acceptors (Lipinski definition) is 3. The molecule has 1 spiro atoms. The Labute approximate surface area is 124 Å². The Morgan fingerprint density at radius 2 is 2.21 bits per heavy atom. The topological polar surface area (TPSA) is 32.3 Å². The highest BCUT2D eigenvalue weighted by Crippen LogP contribution is 2.37. The van der Waals surface area contributed by atoms with Gasteiger partial charge in [0.05, 0.1) is 4.88 Å². The van der Waals surface area contributed by atoms with E-state index in [0.717, 1.165) is 37.5 Å². The van der Waals surface area contributed by atoms with Crippen LogP contribution in [-0.4, -0.2) is 37.0 Å². The lowest BCUT2D eigenvalue weighted by molar-refractivity contribution is 0.0780. The quantitative estimate of drug-likeness (QED) is 0.865. The molecule has 3 nitrogen and oxygen atoms in total. The fraction of sp³-hybridized carbons (Fsp3) is 0.643. The predicted molar refractivity (Wildman–Crippen MR) is 81.5 cm³/mol. The average molecular weight is 301 g/mol. The molecular weight excluding hydrogens is 280 g/mol. The van der Waals surface area contributed by atoms with Gasteiger partial charge >= 0.3 is 0 Å². The van der Waals surface area contributed by atoms with Crippen LogP contribution in [0.2, 0.25) is 0 Å². The largest absolute Gasteiger partial charge is 0.337 e. The van der Waals surface area contributed by atoms with Crippen LogP contribution in [0.25, 0.3) is 0 Å². The van der Waals surface area contributed by atoms with Crippen molar-refractivity contribution in [2.24, 2.45) is 5.41 Å². The first kappa shape index (κ1) is 14.8. The molecule has 1 aromatic heterocycles. The third-order valence-electron chi connectivity index (χ3n) is 4.43. The van der Waals surface area contributed by atoms with Crippen molar-refractivity contribution in [3.63, 3.8) is 0 Å². The van der Waals surface area contributed by atoms with E-state index in [0.29, 0.717) is 5.41 Å². The smallest absolute Gasteiger partial charge is 0.263 e. The van der Waals surface area contributed by atoms with Gasteiger partial charge in [-0.1, -0.05) is 0 Å². The summed E-state index contributed by atoms with van der Waals surface area (Å²) in [5.74, 6) is 0.236. The summed E-state index contributed by atoms with van der Waals surface area (Å²) in [6.45, 7) is 8.22. The van der Waals surface area contributed by atoms with Crippen LogP contribution in [-0.2, 0) is 0 Å². The summed E-state index contributed by atoms with van der Waals surface area (Å²) < 4.78 is 0.